The number of H-pyrrole nitrogens is 1. The number of carbonyl (C=O) groups is 2. The number of anilines is 1. The van der Waals surface area contributed by atoms with Crippen LogP contribution in [-0.4, -0.2) is 56.6 Å². The lowest BCUT2D eigenvalue weighted by molar-refractivity contribution is -0.111. The Labute approximate surface area is 219 Å². The highest BCUT2D eigenvalue weighted by atomic mass is 32.1. The second kappa shape index (κ2) is 10.9. The number of nitrogens with zero attached hydrogens (tertiary/aromatic N) is 3. The average molecular weight is 520 g/mol. The molecule has 1 atom stereocenters. The van der Waals surface area contributed by atoms with Gasteiger partial charge in [0.25, 0.3) is 5.91 Å². The molecule has 1 fully saturated rings. The van der Waals surface area contributed by atoms with Crippen LogP contribution in [0.2, 0.25) is 0 Å². The van der Waals surface area contributed by atoms with Crippen LogP contribution in [0.25, 0.3) is 23.0 Å². The SMILES string of the molecule is C#C/C(C(=O)Nc1nccs1)=c1/nc(-c2ccccc2OC2CCN(C(=O)OC(C)(C)C)C2)[nH]/c1=C/C. The molecule has 0 aliphatic carbocycles. The van der Waals surface area contributed by atoms with Gasteiger partial charge in [0.15, 0.2) is 5.13 Å². The van der Waals surface area contributed by atoms with E-state index in [0.29, 0.717) is 52.5 Å². The summed E-state index contributed by atoms with van der Waals surface area (Å²) in [6.45, 7) is 8.34. The van der Waals surface area contributed by atoms with Crippen LogP contribution in [0.5, 0.6) is 5.75 Å². The predicted octanol–water partition coefficient (Wildman–Crippen LogP) is 3.14. The maximum absolute atomic E-state index is 12.9. The Kier molecular flexibility index (Phi) is 7.64. The summed E-state index contributed by atoms with van der Waals surface area (Å²) in [4.78, 5) is 39.0. The number of para-hydroxylation sites is 1. The molecule has 0 spiro atoms. The number of carbonyl (C=O) groups excluding carboxylic acids is 2. The van der Waals surface area contributed by atoms with Crippen LogP contribution in [0.15, 0.2) is 35.8 Å². The van der Waals surface area contributed by atoms with E-state index in [-0.39, 0.29) is 17.8 Å². The van der Waals surface area contributed by atoms with Gasteiger partial charge in [-0.3, -0.25) is 10.1 Å². The van der Waals surface area contributed by atoms with Crippen molar-refractivity contribution in [3.05, 3.63) is 46.5 Å². The molecule has 1 aliphatic heterocycles. The van der Waals surface area contributed by atoms with E-state index in [0.717, 1.165) is 0 Å². The van der Waals surface area contributed by atoms with E-state index in [4.69, 9.17) is 15.9 Å². The Morgan fingerprint density at radius 3 is 2.78 bits per heavy atom. The Bertz CT molecular complexity index is 1450. The minimum Gasteiger partial charge on any atom is -0.488 e. The van der Waals surface area contributed by atoms with Gasteiger partial charge in [0, 0.05) is 24.5 Å². The molecular formula is C27H29N5O4S. The van der Waals surface area contributed by atoms with Crippen molar-refractivity contribution in [2.75, 3.05) is 18.4 Å². The fourth-order valence-corrected chi connectivity index (χ4v) is 4.39. The summed E-state index contributed by atoms with van der Waals surface area (Å²) in [6, 6.07) is 7.48. The van der Waals surface area contributed by atoms with Gasteiger partial charge >= 0.3 is 6.09 Å². The zero-order valence-corrected chi connectivity index (χ0v) is 22.0. The van der Waals surface area contributed by atoms with Gasteiger partial charge in [-0.05, 0) is 39.8 Å². The van der Waals surface area contributed by atoms with Crippen molar-refractivity contribution < 1.29 is 19.1 Å². The van der Waals surface area contributed by atoms with Gasteiger partial charge in [-0.1, -0.05) is 24.1 Å². The van der Waals surface area contributed by atoms with Crippen LogP contribution >= 0.6 is 11.3 Å². The summed E-state index contributed by atoms with van der Waals surface area (Å²) in [5.74, 6) is 3.13. The summed E-state index contributed by atoms with van der Waals surface area (Å²) in [6.07, 6.45) is 9.26. The molecule has 1 aliphatic rings. The van der Waals surface area contributed by atoms with Crippen molar-refractivity contribution in [1.82, 2.24) is 19.9 Å². The molecule has 1 aromatic carbocycles. The predicted molar refractivity (Wildman–Crippen MR) is 143 cm³/mol. The largest absolute Gasteiger partial charge is 0.488 e. The van der Waals surface area contributed by atoms with E-state index in [9.17, 15) is 9.59 Å². The lowest BCUT2D eigenvalue weighted by Gasteiger charge is -2.24. The second-order valence-corrected chi connectivity index (χ2v) is 10.3. The maximum Gasteiger partial charge on any atom is 0.410 e. The fraction of sp³-hybridized carbons (Fsp3) is 0.333. The molecule has 0 saturated carbocycles. The highest BCUT2D eigenvalue weighted by Crippen LogP contribution is 2.29. The summed E-state index contributed by atoms with van der Waals surface area (Å²) < 4.78 is 11.8. The van der Waals surface area contributed by atoms with Crippen molar-refractivity contribution in [2.45, 2.75) is 45.8 Å². The Morgan fingerprint density at radius 1 is 1.32 bits per heavy atom. The Morgan fingerprint density at radius 2 is 2.11 bits per heavy atom. The fourth-order valence-electron chi connectivity index (χ4n) is 3.86. The van der Waals surface area contributed by atoms with Crippen LogP contribution in [0.4, 0.5) is 9.93 Å². The van der Waals surface area contributed by atoms with Gasteiger partial charge in [0.1, 0.15) is 34.2 Å². The van der Waals surface area contributed by atoms with Crippen molar-refractivity contribution in [2.24, 2.45) is 0 Å². The third-order valence-corrected chi connectivity index (χ3v) is 6.20. The van der Waals surface area contributed by atoms with E-state index in [2.05, 4.69) is 26.2 Å². The standard InChI is InChI=1S/C27H29N5O4S/c1-6-18(24(33)31-25-28-13-15-37-25)22-20(7-2)29-23(30-22)19-10-8-9-11-21(19)35-17-12-14-32(16-17)26(34)36-27(3,4)5/h1,7-11,13,15,17H,12,14,16H2,2-5H3,(H,29,30)(H,28,31,33)/b20-7+,22-18-. The van der Waals surface area contributed by atoms with E-state index in [1.165, 1.54) is 11.3 Å². The molecular weight excluding hydrogens is 490 g/mol. The first kappa shape index (κ1) is 26.0. The van der Waals surface area contributed by atoms with Crippen LogP contribution in [-0.2, 0) is 9.53 Å². The summed E-state index contributed by atoms with van der Waals surface area (Å²) >= 11 is 1.30. The normalized spacial score (nSPS) is 16.8. The summed E-state index contributed by atoms with van der Waals surface area (Å²) in [5.41, 5.74) is 0.247. The van der Waals surface area contributed by atoms with Crippen LogP contribution < -0.4 is 20.8 Å². The van der Waals surface area contributed by atoms with E-state index >= 15 is 0 Å². The van der Waals surface area contributed by atoms with E-state index in [1.54, 1.807) is 22.6 Å². The lowest BCUT2D eigenvalue weighted by Crippen LogP contribution is -2.36. The Balaban J connectivity index is 1.60. The molecule has 0 bridgehead atoms. The minimum atomic E-state index is -0.556. The number of hydrogen-bond donors (Lipinski definition) is 2. The van der Waals surface area contributed by atoms with Gasteiger partial charge in [0.05, 0.1) is 17.5 Å². The van der Waals surface area contributed by atoms with Gasteiger partial charge in [-0.2, -0.15) is 0 Å². The number of imidazole rings is 1. The molecule has 0 radical (unpaired) electrons. The highest BCUT2D eigenvalue weighted by molar-refractivity contribution is 7.13. The number of likely N-dealkylation sites (tertiary alicyclic amines) is 1. The monoisotopic (exact) mass is 519 g/mol. The number of aromatic amines is 1. The molecule has 3 aromatic rings. The first-order chi connectivity index (χ1) is 17.7. The highest BCUT2D eigenvalue weighted by Gasteiger charge is 2.31. The van der Waals surface area contributed by atoms with Gasteiger partial charge in [0.2, 0.25) is 0 Å². The van der Waals surface area contributed by atoms with Gasteiger partial charge < -0.3 is 19.4 Å². The van der Waals surface area contributed by atoms with Crippen LogP contribution in [0.3, 0.4) is 0 Å². The van der Waals surface area contributed by atoms with E-state index < -0.39 is 11.5 Å². The summed E-state index contributed by atoms with van der Waals surface area (Å²) in [7, 11) is 0. The second-order valence-electron chi connectivity index (χ2n) is 9.40. The van der Waals surface area contributed by atoms with Crippen molar-refractivity contribution >= 4 is 40.1 Å². The van der Waals surface area contributed by atoms with Gasteiger partial charge in [-0.15, -0.1) is 17.8 Å². The van der Waals surface area contributed by atoms with Crippen molar-refractivity contribution in [3.63, 3.8) is 0 Å². The molecule has 1 saturated heterocycles. The number of hydrogen-bond acceptors (Lipinski definition) is 7. The zero-order chi connectivity index (χ0) is 26.6. The third-order valence-electron chi connectivity index (χ3n) is 5.51. The first-order valence-electron chi connectivity index (χ1n) is 11.9. The molecule has 3 heterocycles. The molecule has 2 N–H and O–H groups in total. The number of terminal acetylenes is 1. The quantitative estimate of drug-likeness (QED) is 0.502. The minimum absolute atomic E-state index is 0.0907. The number of rotatable bonds is 5. The number of ether oxygens (including phenoxy) is 2. The number of aromatic nitrogens is 3. The zero-order valence-electron chi connectivity index (χ0n) is 21.2. The molecule has 9 nitrogen and oxygen atoms in total. The number of benzene rings is 1. The van der Waals surface area contributed by atoms with Crippen LogP contribution in [0, 0.1) is 12.3 Å². The topological polar surface area (TPSA) is 109 Å². The molecule has 4 rings (SSSR count). The van der Waals surface area contributed by atoms with Crippen LogP contribution in [0.1, 0.15) is 34.1 Å². The average Bonchev–Trinajstić information content (AvgIpc) is 3.60. The molecule has 10 heteroatoms. The number of amides is 2. The molecule has 192 valence electrons. The Hall–Kier alpha value is -4.10. The first-order valence-corrected chi connectivity index (χ1v) is 12.7. The maximum atomic E-state index is 12.9. The lowest BCUT2D eigenvalue weighted by atomic mass is 10.2. The molecule has 2 amide bonds. The summed E-state index contributed by atoms with van der Waals surface area (Å²) in [5, 5.41) is 5.90. The molecule has 37 heavy (non-hydrogen) atoms. The smallest absolute Gasteiger partial charge is 0.410 e. The molecule has 2 aromatic heterocycles. The molecule has 1 unspecified atom stereocenters. The number of thiazole rings is 1. The number of nitrogens with one attached hydrogen (secondary N) is 2. The third kappa shape index (κ3) is 6.19. The van der Waals surface area contributed by atoms with Crippen molar-refractivity contribution in [1.29, 1.82) is 0 Å². The van der Waals surface area contributed by atoms with Crippen molar-refractivity contribution in [3.8, 4) is 29.5 Å². The van der Waals surface area contributed by atoms with Gasteiger partial charge in [-0.25, -0.2) is 14.8 Å². The van der Waals surface area contributed by atoms with E-state index in [1.807, 2.05) is 52.0 Å².